The Kier molecular flexibility index (Phi) is 4.40. The number of halogens is 1. The molecule has 0 amide bonds. The van der Waals surface area contributed by atoms with E-state index in [4.69, 9.17) is 4.74 Å². The van der Waals surface area contributed by atoms with Crippen molar-refractivity contribution in [2.45, 2.75) is 33.6 Å². The number of nitrogens with zero attached hydrogens (tertiary/aromatic N) is 2. The molecule has 1 heterocycles. The molecule has 0 bridgehead atoms. The predicted molar refractivity (Wildman–Crippen MR) is 78.0 cm³/mol. The van der Waals surface area contributed by atoms with Crippen LogP contribution in [0.5, 0.6) is 0 Å². The lowest BCUT2D eigenvalue weighted by Gasteiger charge is -2.11. The molecule has 0 N–H and O–H groups in total. The molecule has 4 nitrogen and oxygen atoms in total. The van der Waals surface area contributed by atoms with Gasteiger partial charge in [-0.2, -0.15) is 5.10 Å². The summed E-state index contributed by atoms with van der Waals surface area (Å²) in [4.78, 5) is 11.9. The molecule has 0 spiro atoms. The molecule has 0 saturated carbocycles. The van der Waals surface area contributed by atoms with E-state index in [9.17, 15) is 9.18 Å². The van der Waals surface area contributed by atoms with E-state index < -0.39 is 5.92 Å². The van der Waals surface area contributed by atoms with Gasteiger partial charge < -0.3 is 4.74 Å². The van der Waals surface area contributed by atoms with Gasteiger partial charge in [0.25, 0.3) is 0 Å². The summed E-state index contributed by atoms with van der Waals surface area (Å²) in [6.45, 7) is 7.63. The van der Waals surface area contributed by atoms with Gasteiger partial charge in [-0.1, -0.05) is 6.07 Å². The normalized spacial score (nSPS) is 12.2. The van der Waals surface area contributed by atoms with Gasteiger partial charge in [0.15, 0.2) is 0 Å². The van der Waals surface area contributed by atoms with Crippen molar-refractivity contribution in [3.05, 3.63) is 47.0 Å². The van der Waals surface area contributed by atoms with Gasteiger partial charge in [-0.25, -0.2) is 9.07 Å². The molecule has 0 saturated heterocycles. The van der Waals surface area contributed by atoms with Crippen LogP contribution in [0.2, 0.25) is 0 Å². The molecule has 1 unspecified atom stereocenters. The molecule has 1 atom stereocenters. The van der Waals surface area contributed by atoms with Crippen LogP contribution in [0.1, 0.15) is 36.7 Å². The Morgan fingerprint density at radius 1 is 1.43 bits per heavy atom. The number of rotatable bonds is 4. The fourth-order valence-electron chi connectivity index (χ4n) is 2.53. The van der Waals surface area contributed by atoms with E-state index in [-0.39, 0.29) is 11.8 Å². The van der Waals surface area contributed by atoms with Crippen LogP contribution in [-0.4, -0.2) is 22.4 Å². The van der Waals surface area contributed by atoms with Crippen molar-refractivity contribution in [3.63, 3.8) is 0 Å². The number of aryl methyl sites for hydroxylation is 1. The van der Waals surface area contributed by atoms with Crippen LogP contribution in [-0.2, 0) is 9.53 Å². The number of carbonyl (C=O) groups excluding carboxylic acids is 1. The minimum Gasteiger partial charge on any atom is -0.466 e. The summed E-state index contributed by atoms with van der Waals surface area (Å²) >= 11 is 0. The van der Waals surface area contributed by atoms with Crippen LogP contribution in [0.15, 0.2) is 24.3 Å². The van der Waals surface area contributed by atoms with Crippen molar-refractivity contribution in [1.82, 2.24) is 9.78 Å². The first-order chi connectivity index (χ1) is 9.95. The van der Waals surface area contributed by atoms with Gasteiger partial charge in [0.1, 0.15) is 5.82 Å². The number of carbonyl (C=O) groups is 1. The van der Waals surface area contributed by atoms with Crippen LogP contribution in [0.3, 0.4) is 0 Å². The van der Waals surface area contributed by atoms with Crippen molar-refractivity contribution in [2.75, 3.05) is 6.61 Å². The van der Waals surface area contributed by atoms with Gasteiger partial charge in [-0.05, 0) is 45.9 Å². The van der Waals surface area contributed by atoms with Gasteiger partial charge in [0.05, 0.1) is 23.9 Å². The zero-order valence-electron chi connectivity index (χ0n) is 12.7. The summed E-state index contributed by atoms with van der Waals surface area (Å²) in [6, 6.07) is 6.21. The van der Waals surface area contributed by atoms with Crippen LogP contribution >= 0.6 is 0 Å². The van der Waals surface area contributed by atoms with Crippen LogP contribution < -0.4 is 0 Å². The van der Waals surface area contributed by atoms with E-state index in [1.807, 2.05) is 13.8 Å². The minimum absolute atomic E-state index is 0.275. The molecule has 0 aliphatic rings. The molecular weight excluding hydrogens is 271 g/mol. The molecule has 2 aromatic rings. The first-order valence-corrected chi connectivity index (χ1v) is 6.94. The topological polar surface area (TPSA) is 44.1 Å². The second kappa shape index (κ2) is 6.08. The summed E-state index contributed by atoms with van der Waals surface area (Å²) in [6.07, 6.45) is 0. The second-order valence-corrected chi connectivity index (χ2v) is 4.95. The highest BCUT2D eigenvalue weighted by Crippen LogP contribution is 2.26. The average molecular weight is 290 g/mol. The summed E-state index contributed by atoms with van der Waals surface area (Å²) in [7, 11) is 0. The Bertz CT molecular complexity index is 664. The first-order valence-electron chi connectivity index (χ1n) is 6.94. The third-order valence-electron chi connectivity index (χ3n) is 3.47. The number of ether oxygens (including phenoxy) is 1. The minimum atomic E-state index is -0.396. The van der Waals surface area contributed by atoms with Gasteiger partial charge in [0.2, 0.25) is 0 Å². The fourth-order valence-corrected chi connectivity index (χ4v) is 2.53. The SMILES string of the molecule is CCOC(=O)C(C)c1c(C)nn(-c2cccc(F)c2)c1C. The number of hydrogen-bond acceptors (Lipinski definition) is 3. The van der Waals surface area contributed by atoms with E-state index in [1.54, 1.807) is 30.7 Å². The molecule has 112 valence electrons. The Morgan fingerprint density at radius 3 is 2.76 bits per heavy atom. The lowest BCUT2D eigenvalue weighted by molar-refractivity contribution is -0.144. The first kappa shape index (κ1) is 15.2. The van der Waals surface area contributed by atoms with Crippen LogP contribution in [0.4, 0.5) is 4.39 Å². The van der Waals surface area contributed by atoms with E-state index in [2.05, 4.69) is 5.10 Å². The smallest absolute Gasteiger partial charge is 0.313 e. The van der Waals surface area contributed by atoms with Gasteiger partial charge >= 0.3 is 5.97 Å². The average Bonchev–Trinajstić information content (AvgIpc) is 2.73. The van der Waals surface area contributed by atoms with Crippen molar-refractivity contribution in [1.29, 1.82) is 0 Å². The summed E-state index contributed by atoms with van der Waals surface area (Å²) in [5.41, 5.74) is 3.03. The standard InChI is InChI=1S/C16H19FN2O2/c1-5-21-16(20)10(2)15-11(3)18-19(12(15)4)14-8-6-7-13(17)9-14/h6-10H,5H2,1-4H3. The second-order valence-electron chi connectivity index (χ2n) is 4.95. The van der Waals surface area contributed by atoms with Crippen molar-refractivity contribution in [2.24, 2.45) is 0 Å². The Labute approximate surface area is 123 Å². The van der Waals surface area contributed by atoms with Crippen LogP contribution in [0.25, 0.3) is 5.69 Å². The third kappa shape index (κ3) is 2.96. The molecule has 1 aromatic carbocycles. The lowest BCUT2D eigenvalue weighted by Crippen LogP contribution is -2.14. The largest absolute Gasteiger partial charge is 0.466 e. The quantitative estimate of drug-likeness (QED) is 0.812. The zero-order valence-corrected chi connectivity index (χ0v) is 12.7. The number of benzene rings is 1. The highest BCUT2D eigenvalue weighted by atomic mass is 19.1. The molecule has 0 fully saturated rings. The maximum atomic E-state index is 13.4. The zero-order chi connectivity index (χ0) is 15.6. The maximum absolute atomic E-state index is 13.4. The number of hydrogen-bond donors (Lipinski definition) is 0. The van der Waals surface area contributed by atoms with E-state index >= 15 is 0 Å². The Morgan fingerprint density at radius 2 is 2.14 bits per heavy atom. The molecule has 5 heteroatoms. The maximum Gasteiger partial charge on any atom is 0.313 e. The molecule has 0 aliphatic heterocycles. The van der Waals surface area contributed by atoms with E-state index in [1.165, 1.54) is 12.1 Å². The highest BCUT2D eigenvalue weighted by molar-refractivity contribution is 5.78. The molecule has 0 aliphatic carbocycles. The Balaban J connectivity index is 2.45. The van der Waals surface area contributed by atoms with Crippen LogP contribution in [0, 0.1) is 19.7 Å². The fraction of sp³-hybridized carbons (Fsp3) is 0.375. The predicted octanol–water partition coefficient (Wildman–Crippen LogP) is 3.29. The van der Waals surface area contributed by atoms with Crippen molar-refractivity contribution in [3.8, 4) is 5.69 Å². The summed E-state index contributed by atoms with van der Waals surface area (Å²) in [5.74, 6) is -0.991. The van der Waals surface area contributed by atoms with Crippen molar-refractivity contribution < 1.29 is 13.9 Å². The Hall–Kier alpha value is -2.17. The summed E-state index contributed by atoms with van der Waals surface area (Å²) in [5, 5.41) is 4.43. The molecule has 2 rings (SSSR count). The lowest BCUT2D eigenvalue weighted by atomic mass is 9.99. The highest BCUT2D eigenvalue weighted by Gasteiger charge is 2.24. The van der Waals surface area contributed by atoms with Gasteiger partial charge in [-0.3, -0.25) is 4.79 Å². The molecule has 21 heavy (non-hydrogen) atoms. The molecular formula is C16H19FN2O2. The van der Waals surface area contributed by atoms with Crippen molar-refractivity contribution >= 4 is 5.97 Å². The number of esters is 1. The molecule has 0 radical (unpaired) electrons. The van der Waals surface area contributed by atoms with Gasteiger partial charge in [-0.15, -0.1) is 0 Å². The third-order valence-corrected chi connectivity index (χ3v) is 3.47. The van der Waals surface area contributed by atoms with Gasteiger partial charge in [0, 0.05) is 11.3 Å². The molecule has 1 aromatic heterocycles. The van der Waals surface area contributed by atoms with E-state index in [0.29, 0.717) is 12.3 Å². The number of aromatic nitrogens is 2. The van der Waals surface area contributed by atoms with E-state index in [0.717, 1.165) is 17.0 Å². The summed E-state index contributed by atoms with van der Waals surface area (Å²) < 4.78 is 20.1. The monoisotopic (exact) mass is 290 g/mol.